The molecule has 0 unspecified atom stereocenters. The van der Waals surface area contributed by atoms with Gasteiger partial charge in [0.05, 0.1) is 12.4 Å². The van der Waals surface area contributed by atoms with Gasteiger partial charge < -0.3 is 19.9 Å². The Labute approximate surface area is 115 Å². The van der Waals surface area contributed by atoms with Gasteiger partial charge in [-0.05, 0) is 12.8 Å². The van der Waals surface area contributed by atoms with E-state index < -0.39 is 12.6 Å². The minimum Gasteiger partial charge on any atom is -0.479 e. The normalized spacial score (nSPS) is 15.8. The van der Waals surface area contributed by atoms with Gasteiger partial charge in [-0.3, -0.25) is 9.48 Å². The molecule has 8 heteroatoms. The van der Waals surface area contributed by atoms with E-state index in [4.69, 9.17) is 14.6 Å². The molecule has 0 radical (unpaired) electrons. The standard InChI is InChI=1S/C12H17N3O5/c16-11(14-9-1-3-19-4-2-9)7-15-6-10(5-13-15)20-8-12(17)18/h5-6,9H,1-4,7-8H2,(H,14,16)(H,17,18). The Morgan fingerprint density at radius 1 is 1.50 bits per heavy atom. The van der Waals surface area contributed by atoms with E-state index in [0.717, 1.165) is 12.8 Å². The molecule has 8 nitrogen and oxygen atoms in total. The number of amides is 1. The molecule has 1 aromatic heterocycles. The van der Waals surface area contributed by atoms with Crippen LogP contribution < -0.4 is 10.1 Å². The maximum Gasteiger partial charge on any atom is 0.341 e. The van der Waals surface area contributed by atoms with Gasteiger partial charge in [0.15, 0.2) is 12.4 Å². The molecule has 0 aromatic carbocycles. The summed E-state index contributed by atoms with van der Waals surface area (Å²) in [6, 6.07) is 0.148. The summed E-state index contributed by atoms with van der Waals surface area (Å²) in [6.45, 7) is 0.980. The maximum absolute atomic E-state index is 11.8. The van der Waals surface area contributed by atoms with Crippen molar-refractivity contribution in [3.63, 3.8) is 0 Å². The quantitative estimate of drug-likeness (QED) is 0.739. The Morgan fingerprint density at radius 3 is 2.95 bits per heavy atom. The van der Waals surface area contributed by atoms with Crippen LogP contribution in [0.3, 0.4) is 0 Å². The van der Waals surface area contributed by atoms with Crippen molar-refractivity contribution in [1.82, 2.24) is 15.1 Å². The van der Waals surface area contributed by atoms with Crippen LogP contribution in [0.1, 0.15) is 12.8 Å². The molecule has 1 fully saturated rings. The van der Waals surface area contributed by atoms with Crippen molar-refractivity contribution >= 4 is 11.9 Å². The molecule has 0 spiro atoms. The zero-order valence-corrected chi connectivity index (χ0v) is 10.9. The summed E-state index contributed by atoms with van der Waals surface area (Å²) in [7, 11) is 0. The number of carboxylic acid groups (broad SMARTS) is 1. The summed E-state index contributed by atoms with van der Waals surface area (Å²) < 4.78 is 11.6. The number of carbonyl (C=O) groups excluding carboxylic acids is 1. The van der Waals surface area contributed by atoms with Gasteiger partial charge >= 0.3 is 5.97 Å². The molecule has 1 saturated heterocycles. The number of carbonyl (C=O) groups is 2. The van der Waals surface area contributed by atoms with Crippen LogP contribution in [0.2, 0.25) is 0 Å². The first kappa shape index (κ1) is 14.3. The molecule has 1 aliphatic heterocycles. The van der Waals surface area contributed by atoms with E-state index in [1.807, 2.05) is 0 Å². The monoisotopic (exact) mass is 283 g/mol. The molecule has 0 atom stereocenters. The average molecular weight is 283 g/mol. The van der Waals surface area contributed by atoms with Crippen molar-refractivity contribution < 1.29 is 24.2 Å². The van der Waals surface area contributed by atoms with Crippen LogP contribution in [0.15, 0.2) is 12.4 Å². The second-order valence-corrected chi connectivity index (χ2v) is 4.51. The van der Waals surface area contributed by atoms with Gasteiger partial charge in [-0.15, -0.1) is 0 Å². The lowest BCUT2D eigenvalue weighted by atomic mass is 10.1. The predicted octanol–water partition coefficient (Wildman–Crippen LogP) is -0.358. The van der Waals surface area contributed by atoms with Crippen LogP contribution >= 0.6 is 0 Å². The molecule has 1 aromatic rings. The first-order valence-corrected chi connectivity index (χ1v) is 6.37. The minimum atomic E-state index is -1.06. The lowest BCUT2D eigenvalue weighted by Crippen LogP contribution is -2.40. The second kappa shape index (κ2) is 6.90. The smallest absolute Gasteiger partial charge is 0.341 e. The molecular formula is C12H17N3O5. The van der Waals surface area contributed by atoms with Crippen LogP contribution in [0.4, 0.5) is 0 Å². The topological polar surface area (TPSA) is 103 Å². The van der Waals surface area contributed by atoms with Gasteiger partial charge in [0, 0.05) is 19.3 Å². The second-order valence-electron chi connectivity index (χ2n) is 4.51. The van der Waals surface area contributed by atoms with Crippen LogP contribution in [-0.2, 0) is 20.9 Å². The number of rotatable bonds is 6. The van der Waals surface area contributed by atoms with Crippen molar-refractivity contribution in [3.05, 3.63) is 12.4 Å². The lowest BCUT2D eigenvalue weighted by molar-refractivity contribution is -0.139. The molecule has 0 bridgehead atoms. The van der Waals surface area contributed by atoms with Gasteiger partial charge in [0.2, 0.25) is 5.91 Å². The molecule has 0 aliphatic carbocycles. The molecule has 0 saturated carbocycles. The lowest BCUT2D eigenvalue weighted by Gasteiger charge is -2.23. The Bertz CT molecular complexity index is 467. The van der Waals surface area contributed by atoms with Crippen molar-refractivity contribution in [2.24, 2.45) is 0 Å². The van der Waals surface area contributed by atoms with Gasteiger partial charge in [-0.2, -0.15) is 5.10 Å². The average Bonchev–Trinajstić information content (AvgIpc) is 2.85. The van der Waals surface area contributed by atoms with Crippen LogP contribution in [0.25, 0.3) is 0 Å². The number of hydrogen-bond acceptors (Lipinski definition) is 5. The molecule has 110 valence electrons. The maximum atomic E-state index is 11.8. The molecule has 2 rings (SSSR count). The summed E-state index contributed by atoms with van der Waals surface area (Å²) in [5.41, 5.74) is 0. The van der Waals surface area contributed by atoms with E-state index in [1.54, 1.807) is 0 Å². The van der Waals surface area contributed by atoms with Gasteiger partial charge in [-0.1, -0.05) is 0 Å². The molecule has 2 heterocycles. The Balaban J connectivity index is 1.77. The van der Waals surface area contributed by atoms with E-state index in [0.29, 0.717) is 19.0 Å². The number of aliphatic carboxylic acids is 1. The highest BCUT2D eigenvalue weighted by atomic mass is 16.5. The Kier molecular flexibility index (Phi) is 4.94. The SMILES string of the molecule is O=C(O)COc1cnn(CC(=O)NC2CCOCC2)c1. The molecule has 1 amide bonds. The highest BCUT2D eigenvalue weighted by Gasteiger charge is 2.16. The highest BCUT2D eigenvalue weighted by Crippen LogP contribution is 2.09. The largest absolute Gasteiger partial charge is 0.479 e. The summed E-state index contributed by atoms with van der Waals surface area (Å²) in [6.07, 6.45) is 4.51. The number of carboxylic acids is 1. The minimum absolute atomic E-state index is 0.0772. The van der Waals surface area contributed by atoms with E-state index in [2.05, 4.69) is 10.4 Å². The third-order valence-corrected chi connectivity index (χ3v) is 2.86. The van der Waals surface area contributed by atoms with E-state index in [1.165, 1.54) is 17.1 Å². The van der Waals surface area contributed by atoms with Gasteiger partial charge in [-0.25, -0.2) is 4.79 Å². The third kappa shape index (κ3) is 4.54. The predicted molar refractivity (Wildman–Crippen MR) is 67.3 cm³/mol. The fourth-order valence-corrected chi connectivity index (χ4v) is 1.91. The first-order valence-electron chi connectivity index (χ1n) is 6.37. The number of nitrogens with one attached hydrogen (secondary N) is 1. The number of hydrogen-bond donors (Lipinski definition) is 2. The van der Waals surface area contributed by atoms with Crippen LogP contribution in [0, 0.1) is 0 Å². The zero-order valence-electron chi connectivity index (χ0n) is 10.9. The third-order valence-electron chi connectivity index (χ3n) is 2.86. The highest BCUT2D eigenvalue weighted by molar-refractivity contribution is 5.76. The summed E-state index contributed by atoms with van der Waals surface area (Å²) in [4.78, 5) is 22.2. The fraction of sp³-hybridized carbons (Fsp3) is 0.583. The van der Waals surface area contributed by atoms with E-state index in [9.17, 15) is 9.59 Å². The van der Waals surface area contributed by atoms with Crippen molar-refractivity contribution in [2.45, 2.75) is 25.4 Å². The summed E-state index contributed by atoms with van der Waals surface area (Å²) >= 11 is 0. The summed E-state index contributed by atoms with van der Waals surface area (Å²) in [5, 5.41) is 15.3. The van der Waals surface area contributed by atoms with E-state index in [-0.39, 0.29) is 18.5 Å². The Morgan fingerprint density at radius 2 is 2.25 bits per heavy atom. The molecule has 1 aliphatic rings. The number of nitrogens with zero attached hydrogens (tertiary/aromatic N) is 2. The first-order chi connectivity index (χ1) is 9.63. The van der Waals surface area contributed by atoms with Crippen molar-refractivity contribution in [1.29, 1.82) is 0 Å². The fourth-order valence-electron chi connectivity index (χ4n) is 1.91. The van der Waals surface area contributed by atoms with Gasteiger partial charge in [0.1, 0.15) is 6.54 Å². The van der Waals surface area contributed by atoms with Crippen LogP contribution in [0.5, 0.6) is 5.75 Å². The Hall–Kier alpha value is -2.09. The molecule has 2 N–H and O–H groups in total. The van der Waals surface area contributed by atoms with Crippen molar-refractivity contribution in [3.8, 4) is 5.75 Å². The molecular weight excluding hydrogens is 266 g/mol. The van der Waals surface area contributed by atoms with Gasteiger partial charge in [0.25, 0.3) is 0 Å². The van der Waals surface area contributed by atoms with Crippen LogP contribution in [-0.4, -0.2) is 52.6 Å². The number of ether oxygens (including phenoxy) is 2. The number of aromatic nitrogens is 2. The zero-order chi connectivity index (χ0) is 14.4. The van der Waals surface area contributed by atoms with E-state index >= 15 is 0 Å². The van der Waals surface area contributed by atoms with Crippen molar-refractivity contribution in [2.75, 3.05) is 19.8 Å². The summed E-state index contributed by atoms with van der Waals surface area (Å²) in [5.74, 6) is -0.869. The molecule has 20 heavy (non-hydrogen) atoms.